The van der Waals surface area contributed by atoms with Crippen LogP contribution in [0.15, 0.2) is 47.6 Å². The summed E-state index contributed by atoms with van der Waals surface area (Å²) in [6.07, 6.45) is 2.20. The summed E-state index contributed by atoms with van der Waals surface area (Å²) < 4.78 is 10.6. The fraction of sp³-hybridized carbons (Fsp3) is 0.375. The fourth-order valence-electron chi connectivity index (χ4n) is 3.57. The largest absolute Gasteiger partial charge is 0.493 e. The van der Waals surface area contributed by atoms with Gasteiger partial charge in [-0.2, -0.15) is 0 Å². The van der Waals surface area contributed by atoms with Gasteiger partial charge in [0.15, 0.2) is 17.5 Å². The molecule has 4 N–H and O–H groups in total. The van der Waals surface area contributed by atoms with Crippen molar-refractivity contribution in [2.75, 3.05) is 33.9 Å². The van der Waals surface area contributed by atoms with E-state index in [0.29, 0.717) is 17.5 Å². The van der Waals surface area contributed by atoms with Gasteiger partial charge < -0.3 is 30.2 Å². The molecule has 1 aromatic heterocycles. The third-order valence-electron chi connectivity index (χ3n) is 5.26. The molecule has 1 atom stereocenters. The molecule has 0 saturated carbocycles. The predicted molar refractivity (Wildman–Crippen MR) is 125 cm³/mol. The average molecular weight is 425 g/mol. The van der Waals surface area contributed by atoms with Crippen molar-refractivity contribution in [3.63, 3.8) is 0 Å². The topological polar surface area (TPSA) is 90.9 Å². The van der Waals surface area contributed by atoms with E-state index in [1.807, 2.05) is 13.0 Å². The van der Waals surface area contributed by atoms with Crippen molar-refractivity contribution in [2.45, 2.75) is 26.4 Å². The number of hydrogen-bond donors (Lipinski definition) is 4. The summed E-state index contributed by atoms with van der Waals surface area (Å²) in [5, 5.41) is 18.4. The number of methoxy groups -OCH3 is 2. The lowest BCUT2D eigenvalue weighted by atomic mass is 10.1. The highest BCUT2D eigenvalue weighted by Gasteiger charge is 2.12. The Morgan fingerprint density at radius 3 is 2.68 bits per heavy atom. The maximum atomic E-state index is 10.6. The number of para-hydroxylation sites is 1. The number of nitrogens with one attached hydrogen (secondary N) is 3. The van der Waals surface area contributed by atoms with Crippen LogP contribution in [0, 0.1) is 6.92 Å². The number of H-pyrrole nitrogens is 1. The molecule has 0 radical (unpaired) electrons. The van der Waals surface area contributed by atoms with E-state index in [1.165, 1.54) is 22.0 Å². The van der Waals surface area contributed by atoms with Crippen molar-refractivity contribution in [1.29, 1.82) is 0 Å². The van der Waals surface area contributed by atoms with Gasteiger partial charge in [0, 0.05) is 30.2 Å². The Labute approximate surface area is 183 Å². The number of benzene rings is 2. The van der Waals surface area contributed by atoms with Gasteiger partial charge in [0.2, 0.25) is 0 Å². The van der Waals surface area contributed by atoms with E-state index in [4.69, 9.17) is 9.47 Å². The molecule has 1 heterocycles. The molecule has 31 heavy (non-hydrogen) atoms. The maximum Gasteiger partial charge on any atom is 0.191 e. The van der Waals surface area contributed by atoms with Crippen LogP contribution in [-0.2, 0) is 6.42 Å². The van der Waals surface area contributed by atoms with Crippen molar-refractivity contribution >= 4 is 16.9 Å². The zero-order valence-corrected chi connectivity index (χ0v) is 18.7. The Bertz CT molecular complexity index is 1030. The quantitative estimate of drug-likeness (QED) is 0.312. The third kappa shape index (κ3) is 5.49. The van der Waals surface area contributed by atoms with Crippen LogP contribution in [0.2, 0.25) is 0 Å². The molecule has 3 aromatic rings. The minimum absolute atomic E-state index is 0.233. The van der Waals surface area contributed by atoms with E-state index < -0.39 is 6.10 Å². The second-order valence-corrected chi connectivity index (χ2v) is 7.34. The molecule has 7 heteroatoms. The summed E-state index contributed by atoms with van der Waals surface area (Å²) in [6.45, 7) is 5.84. The number of rotatable bonds is 9. The summed E-state index contributed by atoms with van der Waals surface area (Å²) in [4.78, 5) is 7.92. The molecule has 7 nitrogen and oxygen atoms in total. The molecule has 3 rings (SSSR count). The number of aliphatic hydroxyl groups excluding tert-OH is 1. The molecule has 1 unspecified atom stereocenters. The van der Waals surface area contributed by atoms with Gasteiger partial charge in [0.1, 0.15) is 0 Å². The van der Waals surface area contributed by atoms with Crippen LogP contribution in [0.4, 0.5) is 0 Å². The molecular weight excluding hydrogens is 392 g/mol. The van der Waals surface area contributed by atoms with E-state index in [1.54, 1.807) is 26.4 Å². The van der Waals surface area contributed by atoms with Gasteiger partial charge in [0.25, 0.3) is 0 Å². The molecular formula is C24H32N4O3. The highest BCUT2D eigenvalue weighted by Crippen LogP contribution is 2.30. The predicted octanol–water partition coefficient (Wildman–Crippen LogP) is 3.32. The number of aliphatic hydroxyl groups is 1. The Kier molecular flexibility index (Phi) is 7.78. The minimum atomic E-state index is -0.744. The van der Waals surface area contributed by atoms with Crippen LogP contribution in [0.3, 0.4) is 0 Å². The summed E-state index contributed by atoms with van der Waals surface area (Å²) in [6, 6.07) is 11.7. The first kappa shape index (κ1) is 22.5. The number of aromatic amines is 1. The second-order valence-electron chi connectivity index (χ2n) is 7.34. The number of aryl methyl sites for hydroxylation is 1. The Balaban J connectivity index is 1.61. The number of ether oxygens (including phenoxy) is 2. The molecule has 0 spiro atoms. The van der Waals surface area contributed by atoms with E-state index in [-0.39, 0.29) is 6.54 Å². The molecule has 0 aliphatic carbocycles. The van der Waals surface area contributed by atoms with Gasteiger partial charge in [-0.15, -0.1) is 0 Å². The normalized spacial score (nSPS) is 12.6. The summed E-state index contributed by atoms with van der Waals surface area (Å²) in [5.41, 5.74) is 4.44. The first-order valence-corrected chi connectivity index (χ1v) is 10.5. The van der Waals surface area contributed by atoms with Gasteiger partial charge in [-0.05, 0) is 49.1 Å². The van der Waals surface area contributed by atoms with Crippen molar-refractivity contribution in [2.24, 2.45) is 4.99 Å². The van der Waals surface area contributed by atoms with Gasteiger partial charge in [-0.3, -0.25) is 4.99 Å². The lowest BCUT2D eigenvalue weighted by Crippen LogP contribution is -2.38. The van der Waals surface area contributed by atoms with Crippen LogP contribution in [0.25, 0.3) is 10.9 Å². The van der Waals surface area contributed by atoms with Gasteiger partial charge in [-0.25, -0.2) is 0 Å². The number of nitrogens with zero attached hydrogens (tertiary/aromatic N) is 1. The van der Waals surface area contributed by atoms with Crippen LogP contribution >= 0.6 is 0 Å². The monoisotopic (exact) mass is 424 g/mol. The fourth-order valence-corrected chi connectivity index (χ4v) is 3.57. The third-order valence-corrected chi connectivity index (χ3v) is 5.26. The number of fused-ring (bicyclic) bond motifs is 1. The van der Waals surface area contributed by atoms with Gasteiger partial charge >= 0.3 is 0 Å². The molecule has 0 aliphatic heterocycles. The number of guanidine groups is 1. The molecule has 0 aliphatic rings. The van der Waals surface area contributed by atoms with E-state index in [2.05, 4.69) is 51.9 Å². The molecule has 0 bridgehead atoms. The summed E-state index contributed by atoms with van der Waals surface area (Å²) in [7, 11) is 3.17. The highest BCUT2D eigenvalue weighted by molar-refractivity contribution is 5.86. The highest BCUT2D eigenvalue weighted by atomic mass is 16.5. The molecule has 166 valence electrons. The van der Waals surface area contributed by atoms with E-state index >= 15 is 0 Å². The van der Waals surface area contributed by atoms with Crippen molar-refractivity contribution < 1.29 is 14.6 Å². The smallest absolute Gasteiger partial charge is 0.191 e. The second kappa shape index (κ2) is 10.7. The lowest BCUT2D eigenvalue weighted by Gasteiger charge is -2.15. The van der Waals surface area contributed by atoms with Crippen molar-refractivity contribution in [1.82, 2.24) is 15.6 Å². The minimum Gasteiger partial charge on any atom is -0.493 e. The first-order chi connectivity index (χ1) is 15.1. The molecule has 2 aromatic carbocycles. The van der Waals surface area contributed by atoms with Crippen LogP contribution < -0.4 is 20.1 Å². The Hall–Kier alpha value is -3.19. The van der Waals surface area contributed by atoms with Crippen molar-refractivity contribution in [3.8, 4) is 11.5 Å². The average Bonchev–Trinajstić information content (AvgIpc) is 3.21. The van der Waals surface area contributed by atoms with Crippen LogP contribution in [0.1, 0.15) is 29.7 Å². The number of aromatic nitrogens is 1. The maximum absolute atomic E-state index is 10.6. The van der Waals surface area contributed by atoms with E-state index in [9.17, 15) is 5.11 Å². The Morgan fingerprint density at radius 1 is 1.13 bits per heavy atom. The lowest BCUT2D eigenvalue weighted by molar-refractivity contribution is 0.186. The van der Waals surface area contributed by atoms with E-state index in [0.717, 1.165) is 25.1 Å². The first-order valence-electron chi connectivity index (χ1n) is 10.5. The number of aliphatic imine (C=N–C) groups is 1. The number of hydrogen-bond acceptors (Lipinski definition) is 4. The van der Waals surface area contributed by atoms with Gasteiger partial charge in [0.05, 0.1) is 26.9 Å². The zero-order chi connectivity index (χ0) is 22.2. The SMILES string of the molecule is CCNC(=NCC(O)c1ccc(OC)c(OC)c1)NCCc1c[nH]c2c(C)cccc12. The van der Waals surface area contributed by atoms with Crippen LogP contribution in [0.5, 0.6) is 11.5 Å². The van der Waals surface area contributed by atoms with Gasteiger partial charge in [-0.1, -0.05) is 24.3 Å². The summed E-state index contributed by atoms with van der Waals surface area (Å²) >= 11 is 0. The molecule has 0 saturated heterocycles. The Morgan fingerprint density at radius 2 is 1.94 bits per heavy atom. The van der Waals surface area contributed by atoms with Crippen LogP contribution in [-0.4, -0.2) is 49.9 Å². The molecule has 0 amide bonds. The summed E-state index contributed by atoms with van der Waals surface area (Å²) in [5.74, 6) is 1.89. The zero-order valence-electron chi connectivity index (χ0n) is 18.7. The van der Waals surface area contributed by atoms with Crippen molar-refractivity contribution in [3.05, 3.63) is 59.3 Å². The standard InChI is InChI=1S/C24H32N4O3/c1-5-25-24(26-12-11-18-14-27-23-16(2)7-6-8-19(18)23)28-15-20(29)17-9-10-21(30-3)22(13-17)31-4/h6-10,13-14,20,27,29H,5,11-12,15H2,1-4H3,(H2,25,26,28). The molecule has 0 fully saturated rings.